The first kappa shape index (κ1) is 40.1. The summed E-state index contributed by atoms with van der Waals surface area (Å²) in [6, 6.07) is 36.2. The van der Waals surface area contributed by atoms with E-state index in [1.54, 1.807) is 33.4 Å². The number of fused-ring (bicyclic) bond motifs is 4. The summed E-state index contributed by atoms with van der Waals surface area (Å²) in [6.45, 7) is 0. The minimum Gasteiger partial charge on any atom is -0.358 e. The van der Waals surface area contributed by atoms with Gasteiger partial charge in [0.05, 0.1) is 0 Å². The van der Waals surface area contributed by atoms with Crippen molar-refractivity contribution in [1.82, 2.24) is 0 Å². The molecule has 0 nitrogen and oxygen atoms in total. The van der Waals surface area contributed by atoms with E-state index in [9.17, 15) is 0 Å². The molecule has 0 heterocycles. The second kappa shape index (κ2) is 18.3. The SMILES string of the molecule is [CH3-].[CH3-].[CH3-].[CH3-].[Zr+4].[Zr+4].c1c(Cc2cc3c([cH-]2)CCCC3)[cH-]c2c1CCCC2.c1ccc2[cH-]c(Cc3cc4ccccc4[cH-]3)cc2c1. The van der Waals surface area contributed by atoms with E-state index in [-0.39, 0.29) is 82.1 Å². The fourth-order valence-electron chi connectivity index (χ4n) is 6.85. The van der Waals surface area contributed by atoms with Gasteiger partial charge in [0, 0.05) is 0 Å². The van der Waals surface area contributed by atoms with Crippen molar-refractivity contribution in [3.8, 4) is 0 Å². The Labute approximate surface area is 307 Å². The quantitative estimate of drug-likeness (QED) is 0.158. The Morgan fingerprint density at radius 2 is 0.795 bits per heavy atom. The van der Waals surface area contributed by atoms with Crippen LogP contribution in [-0.4, -0.2) is 0 Å². The van der Waals surface area contributed by atoms with E-state index >= 15 is 0 Å². The molecule has 224 valence electrons. The maximum absolute atomic E-state index is 2.47. The van der Waals surface area contributed by atoms with Gasteiger partial charge in [-0.2, -0.15) is 57.6 Å². The first-order valence-corrected chi connectivity index (χ1v) is 14.6. The van der Waals surface area contributed by atoms with Crippen molar-refractivity contribution in [2.75, 3.05) is 0 Å². The van der Waals surface area contributed by atoms with Crippen molar-refractivity contribution in [2.24, 2.45) is 0 Å². The molecule has 0 saturated heterocycles. The number of hydrogen-bond acceptors (Lipinski definition) is 0. The Bertz CT molecular complexity index is 1440. The summed E-state index contributed by atoms with van der Waals surface area (Å²) >= 11 is 0. The molecule has 0 atom stereocenters. The van der Waals surface area contributed by atoms with Gasteiger partial charge >= 0.3 is 52.4 Å². The molecule has 6 aromatic rings. The summed E-state index contributed by atoms with van der Waals surface area (Å²) in [5.41, 5.74) is 12.4. The minimum atomic E-state index is 0. The van der Waals surface area contributed by atoms with Crippen LogP contribution in [0.1, 0.15) is 70.2 Å². The predicted octanol–water partition coefficient (Wildman–Crippen LogP) is 11.3. The van der Waals surface area contributed by atoms with Crippen LogP contribution in [-0.2, 0) is 90.9 Å². The normalized spacial score (nSPS) is 12.7. The summed E-state index contributed by atoms with van der Waals surface area (Å²) in [6.07, 6.45) is 13.0. The molecule has 8 rings (SSSR count). The average Bonchev–Trinajstić information content (AvgIpc) is 3.71. The molecule has 0 fully saturated rings. The number of aryl methyl sites for hydroxylation is 4. The predicted molar refractivity (Wildman–Crippen MR) is 188 cm³/mol. The molecule has 0 radical (unpaired) electrons. The molecule has 0 bridgehead atoms. The van der Waals surface area contributed by atoms with E-state index in [4.69, 9.17) is 0 Å². The second-order valence-corrected chi connectivity index (χ2v) is 11.6. The first-order valence-electron chi connectivity index (χ1n) is 14.6. The Balaban J connectivity index is 0.000000387. The van der Waals surface area contributed by atoms with Crippen LogP contribution in [0.3, 0.4) is 0 Å². The van der Waals surface area contributed by atoms with Crippen LogP contribution >= 0.6 is 0 Å². The monoisotopic (exact) mass is 732 g/mol. The summed E-state index contributed by atoms with van der Waals surface area (Å²) in [5, 5.41) is 5.37. The van der Waals surface area contributed by atoms with E-state index in [1.807, 2.05) is 0 Å². The summed E-state index contributed by atoms with van der Waals surface area (Å²) in [4.78, 5) is 0. The molecule has 44 heavy (non-hydrogen) atoms. The van der Waals surface area contributed by atoms with Crippen LogP contribution in [0, 0.1) is 29.7 Å². The molecular weight excluding hydrogens is 687 g/mol. The third kappa shape index (κ3) is 9.11. The summed E-state index contributed by atoms with van der Waals surface area (Å²) < 4.78 is 0. The van der Waals surface area contributed by atoms with E-state index in [0.717, 1.165) is 12.8 Å². The third-order valence-electron chi connectivity index (χ3n) is 8.72. The average molecular weight is 735 g/mol. The molecule has 0 aromatic heterocycles. The van der Waals surface area contributed by atoms with Crippen LogP contribution < -0.4 is 0 Å². The molecule has 2 heteroatoms. The molecule has 2 aliphatic carbocycles. The smallest absolute Gasteiger partial charge is 0.358 e. The Morgan fingerprint density at radius 1 is 0.432 bits per heavy atom. The van der Waals surface area contributed by atoms with Gasteiger partial charge in [-0.15, -0.1) is 81.2 Å². The van der Waals surface area contributed by atoms with Crippen LogP contribution in [0.25, 0.3) is 21.5 Å². The van der Waals surface area contributed by atoms with Crippen molar-refractivity contribution < 1.29 is 52.4 Å². The van der Waals surface area contributed by atoms with Crippen LogP contribution in [0.4, 0.5) is 0 Å². The van der Waals surface area contributed by atoms with Gasteiger partial charge < -0.3 is 29.7 Å². The van der Waals surface area contributed by atoms with E-state index in [2.05, 4.69) is 97.1 Å². The van der Waals surface area contributed by atoms with Crippen LogP contribution in [0.15, 0.2) is 97.1 Å². The Kier molecular flexibility index (Phi) is 16.7. The van der Waals surface area contributed by atoms with Crippen LogP contribution in [0.5, 0.6) is 0 Å². The summed E-state index contributed by atoms with van der Waals surface area (Å²) in [5.74, 6) is 0. The Morgan fingerprint density at radius 3 is 1.18 bits per heavy atom. The van der Waals surface area contributed by atoms with Gasteiger partial charge in [-0.1, -0.05) is 63.5 Å². The largest absolute Gasteiger partial charge is 4.00 e. The van der Waals surface area contributed by atoms with Crippen molar-refractivity contribution in [3.05, 3.63) is 171 Å². The standard InChI is InChI=1S/C19H22.C19H14.4CH3.2Zr/c2*1-2-6-17-11-14(10-16(17)5-1)9-15-12-18-7-3-4-8-19(18)13-15;;;;;;/h10-13H,1-9H2;1-8,10-13H,9H2;4*1H3;;/q2*-2;4*-1;2*+4. The number of hydrogen-bond donors (Lipinski definition) is 0. The van der Waals surface area contributed by atoms with Gasteiger partial charge in [0.15, 0.2) is 0 Å². The molecule has 0 N–H and O–H groups in total. The van der Waals surface area contributed by atoms with E-state index in [0.29, 0.717) is 0 Å². The number of benzene rings is 2. The first-order chi connectivity index (χ1) is 18.8. The maximum atomic E-state index is 2.47. The number of rotatable bonds is 4. The van der Waals surface area contributed by atoms with Crippen LogP contribution in [0.2, 0.25) is 0 Å². The topological polar surface area (TPSA) is 0 Å². The van der Waals surface area contributed by atoms with Gasteiger partial charge in [0.25, 0.3) is 0 Å². The third-order valence-corrected chi connectivity index (χ3v) is 8.72. The zero-order chi connectivity index (χ0) is 25.3. The van der Waals surface area contributed by atoms with Gasteiger partial charge in [0.1, 0.15) is 0 Å². The van der Waals surface area contributed by atoms with E-state index < -0.39 is 0 Å². The van der Waals surface area contributed by atoms with Crippen molar-refractivity contribution in [3.63, 3.8) is 0 Å². The zero-order valence-electron chi connectivity index (χ0n) is 27.3. The van der Waals surface area contributed by atoms with Crippen molar-refractivity contribution in [1.29, 1.82) is 0 Å². The zero-order valence-corrected chi connectivity index (χ0v) is 32.2. The minimum absolute atomic E-state index is 0. The molecule has 2 aliphatic rings. The molecule has 0 saturated carbocycles. The fraction of sp³-hybridized carbons (Fsp3) is 0.238. The van der Waals surface area contributed by atoms with Gasteiger partial charge in [0.2, 0.25) is 0 Å². The van der Waals surface area contributed by atoms with E-state index in [1.165, 1.54) is 84.0 Å². The van der Waals surface area contributed by atoms with Gasteiger partial charge in [-0.3, -0.25) is 0 Å². The molecule has 0 amide bonds. The molecule has 0 unspecified atom stereocenters. The Hall–Kier alpha value is -1.87. The molecular formula is C42H48Zr2. The van der Waals surface area contributed by atoms with Crippen molar-refractivity contribution in [2.45, 2.75) is 64.2 Å². The molecule has 6 aromatic carbocycles. The van der Waals surface area contributed by atoms with Gasteiger partial charge in [-0.25, -0.2) is 12.1 Å². The fourth-order valence-corrected chi connectivity index (χ4v) is 6.85. The maximum Gasteiger partial charge on any atom is 4.00 e. The van der Waals surface area contributed by atoms with Crippen molar-refractivity contribution >= 4 is 21.5 Å². The molecule has 0 aliphatic heterocycles. The molecule has 0 spiro atoms. The van der Waals surface area contributed by atoms with Gasteiger partial charge in [-0.05, 0) is 12.8 Å². The second-order valence-electron chi connectivity index (χ2n) is 11.6. The summed E-state index contributed by atoms with van der Waals surface area (Å²) in [7, 11) is 0.